The number of imidazole rings is 1. The third-order valence-corrected chi connectivity index (χ3v) is 6.13. The summed E-state index contributed by atoms with van der Waals surface area (Å²) in [6.07, 6.45) is 2.14. The second-order valence-corrected chi connectivity index (χ2v) is 9.74. The topological polar surface area (TPSA) is 50.2 Å². The molecule has 0 spiro atoms. The van der Waals surface area contributed by atoms with Gasteiger partial charge in [0.25, 0.3) is 5.91 Å². The Kier molecular flexibility index (Phi) is 9.22. The number of nitrogens with one attached hydrogen (secondary N) is 1. The van der Waals surface area contributed by atoms with Crippen LogP contribution in [0.15, 0.2) is 42.5 Å². The lowest BCUT2D eigenvalue weighted by molar-refractivity contribution is 0.0715. The van der Waals surface area contributed by atoms with E-state index >= 15 is 0 Å². The standard InChI is InChI=1S/C28H39FN4O/c1-6-13-33-26-12-11-22(17-30-16-21(5)7-2)14-25(26)31-27(33)19-32(18-20(3)4)28(34)23-9-8-10-24(29)15-23/h8-12,14-15,20-21,30H,6-7,13,16-19H2,1-5H3. The molecule has 0 bridgehead atoms. The summed E-state index contributed by atoms with van der Waals surface area (Å²) in [5, 5.41) is 3.54. The molecular formula is C28H39FN4O. The highest BCUT2D eigenvalue weighted by Crippen LogP contribution is 2.21. The van der Waals surface area contributed by atoms with Gasteiger partial charge in [-0.1, -0.05) is 53.2 Å². The average molecular weight is 467 g/mol. The molecule has 1 amide bonds. The molecule has 0 aliphatic heterocycles. The molecule has 0 aliphatic rings. The molecular weight excluding hydrogens is 427 g/mol. The lowest BCUT2D eigenvalue weighted by Gasteiger charge is -2.25. The van der Waals surface area contributed by atoms with Crippen molar-refractivity contribution in [3.8, 4) is 0 Å². The van der Waals surface area contributed by atoms with Gasteiger partial charge in [0.1, 0.15) is 11.6 Å². The van der Waals surface area contributed by atoms with Crippen molar-refractivity contribution in [1.29, 1.82) is 0 Å². The number of fused-ring (bicyclic) bond motifs is 1. The summed E-state index contributed by atoms with van der Waals surface area (Å²) in [5.41, 5.74) is 3.62. The lowest BCUT2D eigenvalue weighted by atomic mass is 10.1. The summed E-state index contributed by atoms with van der Waals surface area (Å²) in [6.45, 7) is 14.4. The van der Waals surface area contributed by atoms with Gasteiger partial charge in [0.2, 0.25) is 0 Å². The Morgan fingerprint density at radius 2 is 1.94 bits per heavy atom. The van der Waals surface area contributed by atoms with E-state index in [2.05, 4.69) is 62.7 Å². The van der Waals surface area contributed by atoms with Gasteiger partial charge in [-0.05, 0) is 60.7 Å². The van der Waals surface area contributed by atoms with Gasteiger partial charge in [-0.25, -0.2) is 9.37 Å². The third-order valence-electron chi connectivity index (χ3n) is 6.13. The van der Waals surface area contributed by atoms with Gasteiger partial charge in [0.05, 0.1) is 17.6 Å². The van der Waals surface area contributed by atoms with Crippen LogP contribution < -0.4 is 5.32 Å². The van der Waals surface area contributed by atoms with Crippen LogP contribution >= 0.6 is 0 Å². The fourth-order valence-electron chi connectivity index (χ4n) is 4.17. The molecule has 2 aromatic carbocycles. The van der Waals surface area contributed by atoms with Crippen molar-refractivity contribution in [2.24, 2.45) is 11.8 Å². The van der Waals surface area contributed by atoms with E-state index in [0.717, 1.165) is 49.3 Å². The monoisotopic (exact) mass is 466 g/mol. The fourth-order valence-corrected chi connectivity index (χ4v) is 4.17. The number of carbonyl (C=O) groups excluding carboxylic acids is 1. The van der Waals surface area contributed by atoms with Crippen molar-refractivity contribution < 1.29 is 9.18 Å². The maximum absolute atomic E-state index is 13.8. The van der Waals surface area contributed by atoms with Crippen LogP contribution in [0, 0.1) is 17.7 Å². The van der Waals surface area contributed by atoms with Crippen molar-refractivity contribution in [2.45, 2.75) is 67.1 Å². The number of halogens is 1. The highest BCUT2D eigenvalue weighted by atomic mass is 19.1. The second-order valence-electron chi connectivity index (χ2n) is 9.74. The second kappa shape index (κ2) is 12.1. The number of hydrogen-bond donors (Lipinski definition) is 1. The van der Waals surface area contributed by atoms with Crippen LogP contribution in [0.5, 0.6) is 0 Å². The van der Waals surface area contributed by atoms with Crippen molar-refractivity contribution in [3.05, 3.63) is 65.2 Å². The Hall–Kier alpha value is -2.73. The number of carbonyl (C=O) groups is 1. The molecule has 0 saturated carbocycles. The van der Waals surface area contributed by atoms with Crippen LogP contribution in [0.1, 0.15) is 69.2 Å². The summed E-state index contributed by atoms with van der Waals surface area (Å²) < 4.78 is 16.0. The van der Waals surface area contributed by atoms with E-state index in [1.165, 1.54) is 17.7 Å². The Bertz CT molecular complexity index is 1090. The highest BCUT2D eigenvalue weighted by molar-refractivity contribution is 5.94. The molecule has 1 heterocycles. The molecule has 1 atom stereocenters. The molecule has 0 saturated heterocycles. The predicted molar refractivity (Wildman–Crippen MR) is 137 cm³/mol. The zero-order chi connectivity index (χ0) is 24.7. The quantitative estimate of drug-likeness (QED) is 0.355. The van der Waals surface area contributed by atoms with Gasteiger partial charge >= 0.3 is 0 Å². The predicted octanol–water partition coefficient (Wildman–Crippen LogP) is 6.02. The summed E-state index contributed by atoms with van der Waals surface area (Å²) in [6, 6.07) is 12.4. The first-order valence-electron chi connectivity index (χ1n) is 12.6. The van der Waals surface area contributed by atoms with Gasteiger partial charge in [0.15, 0.2) is 0 Å². The van der Waals surface area contributed by atoms with Crippen molar-refractivity contribution in [1.82, 2.24) is 19.8 Å². The van der Waals surface area contributed by atoms with Gasteiger partial charge < -0.3 is 14.8 Å². The van der Waals surface area contributed by atoms with Gasteiger partial charge in [-0.3, -0.25) is 4.79 Å². The number of nitrogens with zero attached hydrogens (tertiary/aromatic N) is 3. The van der Waals surface area contributed by atoms with Crippen molar-refractivity contribution >= 4 is 16.9 Å². The molecule has 0 fully saturated rings. The molecule has 34 heavy (non-hydrogen) atoms. The molecule has 0 aliphatic carbocycles. The first-order valence-corrected chi connectivity index (χ1v) is 12.6. The number of benzene rings is 2. The SMILES string of the molecule is CCCn1c(CN(CC(C)C)C(=O)c2cccc(F)c2)nc2cc(CNCC(C)CC)ccc21. The van der Waals surface area contributed by atoms with Crippen LogP contribution in [0.4, 0.5) is 4.39 Å². The molecule has 3 aromatic rings. The van der Waals surface area contributed by atoms with E-state index < -0.39 is 5.82 Å². The molecule has 1 unspecified atom stereocenters. The van der Waals surface area contributed by atoms with Crippen LogP contribution in [-0.2, 0) is 19.6 Å². The summed E-state index contributed by atoms with van der Waals surface area (Å²) in [4.78, 5) is 20.0. The summed E-state index contributed by atoms with van der Waals surface area (Å²) in [5.74, 6) is 1.24. The molecule has 3 rings (SSSR count). The van der Waals surface area contributed by atoms with Crippen molar-refractivity contribution in [2.75, 3.05) is 13.1 Å². The fraction of sp³-hybridized carbons (Fsp3) is 0.500. The largest absolute Gasteiger partial charge is 0.331 e. The molecule has 0 radical (unpaired) electrons. The minimum Gasteiger partial charge on any atom is -0.331 e. The van der Waals surface area contributed by atoms with Crippen LogP contribution in [0.2, 0.25) is 0 Å². The maximum atomic E-state index is 13.8. The Balaban J connectivity index is 1.88. The van der Waals surface area contributed by atoms with Crippen LogP contribution in [0.3, 0.4) is 0 Å². The molecule has 184 valence electrons. The summed E-state index contributed by atoms with van der Waals surface area (Å²) in [7, 11) is 0. The van der Waals surface area contributed by atoms with E-state index in [1.807, 2.05) is 0 Å². The first kappa shape index (κ1) is 25.9. The minimum atomic E-state index is -0.400. The van der Waals surface area contributed by atoms with E-state index in [-0.39, 0.29) is 11.8 Å². The van der Waals surface area contributed by atoms with E-state index in [1.54, 1.807) is 17.0 Å². The highest BCUT2D eigenvalue weighted by Gasteiger charge is 2.21. The normalized spacial score (nSPS) is 12.4. The smallest absolute Gasteiger partial charge is 0.254 e. The third kappa shape index (κ3) is 6.66. The van der Waals surface area contributed by atoms with Gasteiger partial charge in [-0.2, -0.15) is 0 Å². The van der Waals surface area contributed by atoms with Gasteiger partial charge in [-0.15, -0.1) is 0 Å². The Morgan fingerprint density at radius 3 is 2.62 bits per heavy atom. The molecule has 1 N–H and O–H groups in total. The Morgan fingerprint density at radius 1 is 1.15 bits per heavy atom. The van der Waals surface area contributed by atoms with Crippen LogP contribution in [0.25, 0.3) is 11.0 Å². The number of rotatable bonds is 12. The Labute approximate surface area is 203 Å². The average Bonchev–Trinajstić information content (AvgIpc) is 3.14. The van der Waals surface area contributed by atoms with E-state index in [9.17, 15) is 9.18 Å². The van der Waals surface area contributed by atoms with Crippen molar-refractivity contribution in [3.63, 3.8) is 0 Å². The maximum Gasteiger partial charge on any atom is 0.254 e. The van der Waals surface area contributed by atoms with Crippen LogP contribution in [-0.4, -0.2) is 33.4 Å². The summed E-state index contributed by atoms with van der Waals surface area (Å²) >= 11 is 0. The van der Waals surface area contributed by atoms with E-state index in [0.29, 0.717) is 24.6 Å². The number of aryl methyl sites for hydroxylation is 1. The van der Waals surface area contributed by atoms with Gasteiger partial charge in [0, 0.05) is 25.2 Å². The first-order chi connectivity index (χ1) is 16.3. The molecule has 1 aromatic heterocycles. The zero-order valence-electron chi connectivity index (χ0n) is 21.3. The molecule has 6 heteroatoms. The number of amides is 1. The lowest BCUT2D eigenvalue weighted by Crippen LogP contribution is -2.34. The molecule has 5 nitrogen and oxygen atoms in total. The minimum absolute atomic E-state index is 0.168. The number of hydrogen-bond acceptors (Lipinski definition) is 3. The zero-order valence-corrected chi connectivity index (χ0v) is 21.3. The van der Waals surface area contributed by atoms with E-state index in [4.69, 9.17) is 4.98 Å². The number of aromatic nitrogens is 2.